The molecular formula is C14H19N3O3S. The third-order valence-corrected chi connectivity index (χ3v) is 6.42. The first-order valence-electron chi connectivity index (χ1n) is 7.07. The largest absolute Gasteiger partial charge is 0.399 e. The van der Waals surface area contributed by atoms with Gasteiger partial charge in [-0.2, -0.15) is 4.31 Å². The molecule has 0 radical (unpaired) electrons. The second kappa shape index (κ2) is 4.99. The minimum atomic E-state index is -3.63. The molecule has 3 rings (SSSR count). The Morgan fingerprint density at radius 2 is 2.14 bits per heavy atom. The standard InChI is InChI=1S/C14H19N3O3S/c1-9-4-5-10(15)7-13(9)21(19,20)17-6-2-3-11-12(17)8-16-14(11)18/h4-5,7,11-12H,2-3,6,8,15H2,1H3,(H,16,18). The molecule has 6 nitrogen and oxygen atoms in total. The van der Waals surface area contributed by atoms with Crippen LogP contribution in [0.1, 0.15) is 18.4 Å². The Hall–Kier alpha value is -1.60. The maximum Gasteiger partial charge on any atom is 0.243 e. The lowest BCUT2D eigenvalue weighted by molar-refractivity contribution is -0.123. The van der Waals surface area contributed by atoms with Crippen LogP contribution in [0.4, 0.5) is 5.69 Å². The summed E-state index contributed by atoms with van der Waals surface area (Å²) in [5.41, 5.74) is 6.83. The lowest BCUT2D eigenvalue weighted by Gasteiger charge is -2.35. The van der Waals surface area contributed by atoms with E-state index in [0.717, 1.165) is 6.42 Å². The van der Waals surface area contributed by atoms with Crippen LogP contribution < -0.4 is 11.1 Å². The molecule has 0 aromatic heterocycles. The number of amides is 1. The number of nitrogens with two attached hydrogens (primary N) is 1. The Morgan fingerprint density at radius 3 is 2.90 bits per heavy atom. The van der Waals surface area contributed by atoms with E-state index < -0.39 is 10.0 Å². The van der Waals surface area contributed by atoms with Gasteiger partial charge in [-0.3, -0.25) is 4.79 Å². The molecule has 2 aliphatic rings. The van der Waals surface area contributed by atoms with E-state index in [-0.39, 0.29) is 22.8 Å². The average Bonchev–Trinajstić information content (AvgIpc) is 2.83. The maximum absolute atomic E-state index is 12.9. The second-order valence-electron chi connectivity index (χ2n) is 5.70. The summed E-state index contributed by atoms with van der Waals surface area (Å²) >= 11 is 0. The van der Waals surface area contributed by atoms with Crippen molar-refractivity contribution in [2.75, 3.05) is 18.8 Å². The number of nitrogens with zero attached hydrogens (tertiary/aromatic N) is 1. The monoisotopic (exact) mass is 309 g/mol. The van der Waals surface area contributed by atoms with Gasteiger partial charge in [0, 0.05) is 18.8 Å². The second-order valence-corrected chi connectivity index (χ2v) is 7.56. The lowest BCUT2D eigenvalue weighted by atomic mass is 9.93. The first kappa shape index (κ1) is 14.3. The van der Waals surface area contributed by atoms with Gasteiger partial charge in [-0.25, -0.2) is 8.42 Å². The molecule has 114 valence electrons. The number of nitrogens with one attached hydrogen (secondary N) is 1. The van der Waals surface area contributed by atoms with Crippen molar-refractivity contribution in [3.05, 3.63) is 23.8 Å². The smallest absolute Gasteiger partial charge is 0.243 e. The van der Waals surface area contributed by atoms with Crippen molar-refractivity contribution in [2.45, 2.75) is 30.7 Å². The van der Waals surface area contributed by atoms with Crippen molar-refractivity contribution >= 4 is 21.6 Å². The molecule has 0 saturated carbocycles. The highest BCUT2D eigenvalue weighted by Gasteiger charge is 2.45. The zero-order valence-corrected chi connectivity index (χ0v) is 12.7. The van der Waals surface area contributed by atoms with Gasteiger partial charge >= 0.3 is 0 Å². The quantitative estimate of drug-likeness (QED) is 0.777. The van der Waals surface area contributed by atoms with Gasteiger partial charge in [0.15, 0.2) is 0 Å². The molecular weight excluding hydrogens is 290 g/mol. The van der Waals surface area contributed by atoms with Gasteiger partial charge in [0.2, 0.25) is 15.9 Å². The van der Waals surface area contributed by atoms with E-state index >= 15 is 0 Å². The van der Waals surface area contributed by atoms with Gasteiger partial charge in [0.25, 0.3) is 0 Å². The van der Waals surface area contributed by atoms with Crippen molar-refractivity contribution < 1.29 is 13.2 Å². The number of hydrogen-bond acceptors (Lipinski definition) is 4. The van der Waals surface area contributed by atoms with Crippen LogP contribution >= 0.6 is 0 Å². The molecule has 0 spiro atoms. The van der Waals surface area contributed by atoms with Gasteiger partial charge in [-0.05, 0) is 37.5 Å². The molecule has 1 amide bonds. The summed E-state index contributed by atoms with van der Waals surface area (Å²) in [6, 6.07) is 4.62. The van der Waals surface area contributed by atoms with Crippen LogP contribution in [-0.4, -0.2) is 37.8 Å². The Balaban J connectivity index is 2.01. The summed E-state index contributed by atoms with van der Waals surface area (Å²) in [6.07, 6.45) is 1.45. The first-order valence-corrected chi connectivity index (χ1v) is 8.51. The number of piperidine rings is 1. The summed E-state index contributed by atoms with van der Waals surface area (Å²) in [7, 11) is -3.63. The molecule has 0 aliphatic carbocycles. The van der Waals surface area contributed by atoms with Crippen molar-refractivity contribution in [1.82, 2.24) is 9.62 Å². The number of hydrogen-bond donors (Lipinski definition) is 2. The van der Waals surface area contributed by atoms with Crippen molar-refractivity contribution in [2.24, 2.45) is 5.92 Å². The van der Waals surface area contributed by atoms with E-state index in [1.807, 2.05) is 0 Å². The molecule has 3 N–H and O–H groups in total. The van der Waals surface area contributed by atoms with Gasteiger partial charge < -0.3 is 11.1 Å². The van der Waals surface area contributed by atoms with Crippen molar-refractivity contribution in [3.8, 4) is 0 Å². The first-order chi connectivity index (χ1) is 9.91. The molecule has 1 aromatic rings. The predicted molar refractivity (Wildman–Crippen MR) is 79.0 cm³/mol. The van der Waals surface area contributed by atoms with Gasteiger partial charge in [-0.15, -0.1) is 0 Å². The molecule has 2 aliphatic heterocycles. The number of rotatable bonds is 2. The summed E-state index contributed by atoms with van der Waals surface area (Å²) < 4.78 is 27.4. The van der Waals surface area contributed by atoms with E-state index in [9.17, 15) is 13.2 Å². The molecule has 0 bridgehead atoms. The van der Waals surface area contributed by atoms with E-state index in [2.05, 4.69) is 5.32 Å². The molecule has 21 heavy (non-hydrogen) atoms. The normalized spacial score (nSPS) is 26.4. The minimum absolute atomic E-state index is 0.0378. The minimum Gasteiger partial charge on any atom is -0.399 e. The van der Waals surface area contributed by atoms with Gasteiger partial charge in [-0.1, -0.05) is 6.07 Å². The zero-order valence-electron chi connectivity index (χ0n) is 11.9. The van der Waals surface area contributed by atoms with Crippen LogP contribution in [0.25, 0.3) is 0 Å². The van der Waals surface area contributed by atoms with Gasteiger partial charge in [0.1, 0.15) is 0 Å². The van der Waals surface area contributed by atoms with Gasteiger partial charge in [0.05, 0.1) is 16.9 Å². The van der Waals surface area contributed by atoms with Crippen LogP contribution in [0.3, 0.4) is 0 Å². The molecule has 2 heterocycles. The van der Waals surface area contributed by atoms with Crippen LogP contribution in [-0.2, 0) is 14.8 Å². The fourth-order valence-electron chi connectivity index (χ4n) is 3.23. The number of anilines is 1. The van der Waals surface area contributed by atoms with E-state index in [0.29, 0.717) is 30.8 Å². The van der Waals surface area contributed by atoms with Crippen LogP contribution in [0, 0.1) is 12.8 Å². The number of benzene rings is 1. The number of nitrogen functional groups attached to an aromatic ring is 1. The highest BCUT2D eigenvalue weighted by molar-refractivity contribution is 7.89. The maximum atomic E-state index is 12.9. The summed E-state index contributed by atoms with van der Waals surface area (Å²) in [5.74, 6) is -0.265. The van der Waals surface area contributed by atoms with E-state index in [1.165, 1.54) is 10.4 Å². The molecule has 2 saturated heterocycles. The van der Waals surface area contributed by atoms with Crippen LogP contribution in [0.2, 0.25) is 0 Å². The third-order valence-electron chi connectivity index (χ3n) is 4.35. The predicted octanol–water partition coefficient (Wildman–Crippen LogP) is 0.476. The average molecular weight is 309 g/mol. The number of carbonyl (C=O) groups is 1. The molecule has 2 fully saturated rings. The van der Waals surface area contributed by atoms with Crippen LogP contribution in [0.5, 0.6) is 0 Å². The lowest BCUT2D eigenvalue weighted by Crippen LogP contribution is -2.48. The molecule has 2 unspecified atom stereocenters. The molecule has 7 heteroatoms. The highest BCUT2D eigenvalue weighted by Crippen LogP contribution is 2.33. The Labute approximate surface area is 124 Å². The van der Waals surface area contributed by atoms with Crippen LogP contribution in [0.15, 0.2) is 23.1 Å². The van der Waals surface area contributed by atoms with Crippen molar-refractivity contribution in [1.29, 1.82) is 0 Å². The number of sulfonamides is 1. The highest BCUT2D eigenvalue weighted by atomic mass is 32.2. The summed E-state index contributed by atoms with van der Waals surface area (Å²) in [4.78, 5) is 12.0. The number of aryl methyl sites for hydroxylation is 1. The molecule has 1 aromatic carbocycles. The number of carbonyl (C=O) groups excluding carboxylic acids is 1. The SMILES string of the molecule is Cc1ccc(N)cc1S(=O)(=O)N1CCCC2C(=O)NCC21. The van der Waals surface area contributed by atoms with Crippen molar-refractivity contribution in [3.63, 3.8) is 0 Å². The Bertz CT molecular complexity index is 687. The van der Waals surface area contributed by atoms with E-state index in [1.54, 1.807) is 19.1 Å². The zero-order chi connectivity index (χ0) is 15.2. The Kier molecular flexibility index (Phi) is 3.41. The molecule has 2 atom stereocenters. The fraction of sp³-hybridized carbons (Fsp3) is 0.500. The number of fused-ring (bicyclic) bond motifs is 1. The summed E-state index contributed by atoms with van der Waals surface area (Å²) in [6.45, 7) is 2.60. The van der Waals surface area contributed by atoms with E-state index in [4.69, 9.17) is 5.73 Å². The topological polar surface area (TPSA) is 92.5 Å². The fourth-order valence-corrected chi connectivity index (χ4v) is 5.19. The Morgan fingerprint density at radius 1 is 1.38 bits per heavy atom. The summed E-state index contributed by atoms with van der Waals surface area (Å²) in [5, 5.41) is 2.77. The third kappa shape index (κ3) is 2.30.